The van der Waals surface area contributed by atoms with Gasteiger partial charge in [0, 0.05) is 7.05 Å². The molecule has 0 radical (unpaired) electrons. The van der Waals surface area contributed by atoms with E-state index in [0.29, 0.717) is 0 Å². The SMILES string of the molecule is CNc1c(N)nc(C(F)(F)F)nc1Cl. The van der Waals surface area contributed by atoms with Crippen LogP contribution in [0.4, 0.5) is 24.7 Å². The van der Waals surface area contributed by atoms with Crippen LogP contribution in [0.25, 0.3) is 0 Å². The van der Waals surface area contributed by atoms with E-state index in [4.69, 9.17) is 17.3 Å². The lowest BCUT2D eigenvalue weighted by molar-refractivity contribution is -0.144. The van der Waals surface area contributed by atoms with Crippen molar-refractivity contribution in [3.05, 3.63) is 11.0 Å². The Balaban J connectivity index is 3.28. The summed E-state index contributed by atoms with van der Waals surface area (Å²) in [5.41, 5.74) is 5.31. The molecule has 1 rings (SSSR count). The molecule has 0 atom stereocenters. The Bertz CT molecular complexity index is 328. The minimum Gasteiger partial charge on any atom is -0.383 e. The first-order valence-corrected chi connectivity index (χ1v) is 3.82. The van der Waals surface area contributed by atoms with Gasteiger partial charge < -0.3 is 11.1 Å². The Kier molecular flexibility index (Phi) is 2.70. The lowest BCUT2D eigenvalue weighted by Gasteiger charge is -2.09. The largest absolute Gasteiger partial charge is 0.451 e. The van der Waals surface area contributed by atoms with E-state index in [1.165, 1.54) is 7.05 Å². The van der Waals surface area contributed by atoms with Crippen molar-refractivity contribution in [1.29, 1.82) is 0 Å². The Hall–Kier alpha value is -1.24. The van der Waals surface area contributed by atoms with Crippen LogP contribution < -0.4 is 11.1 Å². The fourth-order valence-electron chi connectivity index (χ4n) is 0.808. The third-order valence-corrected chi connectivity index (χ3v) is 1.67. The molecule has 0 saturated heterocycles. The molecule has 0 aliphatic heterocycles. The maximum atomic E-state index is 12.1. The summed E-state index contributed by atoms with van der Waals surface area (Å²) >= 11 is 5.45. The summed E-state index contributed by atoms with van der Waals surface area (Å²) in [4.78, 5) is 6.13. The maximum Gasteiger partial charge on any atom is 0.451 e. The fraction of sp³-hybridized carbons (Fsp3) is 0.333. The smallest absolute Gasteiger partial charge is 0.383 e. The average molecular weight is 227 g/mol. The quantitative estimate of drug-likeness (QED) is 0.717. The van der Waals surface area contributed by atoms with Crippen LogP contribution >= 0.6 is 11.6 Å². The predicted molar refractivity (Wildman–Crippen MR) is 46.0 cm³/mol. The second kappa shape index (κ2) is 3.49. The van der Waals surface area contributed by atoms with Gasteiger partial charge in [-0.2, -0.15) is 13.2 Å². The van der Waals surface area contributed by atoms with Gasteiger partial charge in [-0.05, 0) is 0 Å². The number of nitrogens with one attached hydrogen (secondary N) is 1. The van der Waals surface area contributed by atoms with Gasteiger partial charge in [-0.1, -0.05) is 11.6 Å². The molecule has 1 aromatic rings. The van der Waals surface area contributed by atoms with E-state index in [2.05, 4.69) is 15.3 Å². The molecule has 3 N–H and O–H groups in total. The minimum absolute atomic E-state index is 0.0830. The summed E-state index contributed by atoms with van der Waals surface area (Å²) in [7, 11) is 1.45. The van der Waals surface area contributed by atoms with Crippen molar-refractivity contribution in [2.75, 3.05) is 18.1 Å². The number of nitrogens with zero attached hydrogens (tertiary/aromatic N) is 2. The number of nitrogens with two attached hydrogens (primary N) is 1. The second-order valence-corrected chi connectivity index (χ2v) is 2.70. The highest BCUT2D eigenvalue weighted by Gasteiger charge is 2.35. The van der Waals surface area contributed by atoms with Crippen molar-refractivity contribution in [2.45, 2.75) is 6.18 Å². The molecule has 0 bridgehead atoms. The van der Waals surface area contributed by atoms with Gasteiger partial charge in [0.15, 0.2) is 11.0 Å². The molecule has 1 heterocycles. The molecule has 8 heteroatoms. The van der Waals surface area contributed by atoms with E-state index in [0.717, 1.165) is 0 Å². The summed E-state index contributed by atoms with van der Waals surface area (Å²) in [6.45, 7) is 0. The zero-order chi connectivity index (χ0) is 10.9. The standard InChI is InChI=1S/C6H6ClF3N4/c1-12-2-3(7)13-5(6(8,9)10)14-4(2)11/h12H,1H3,(H2,11,13,14). The van der Waals surface area contributed by atoms with Gasteiger partial charge in [-0.3, -0.25) is 0 Å². The summed E-state index contributed by atoms with van der Waals surface area (Å²) < 4.78 is 36.4. The molecule has 1 aromatic heterocycles. The Morgan fingerprint density at radius 2 is 1.93 bits per heavy atom. The number of nitrogen functional groups attached to an aromatic ring is 1. The number of hydrogen-bond acceptors (Lipinski definition) is 4. The van der Waals surface area contributed by atoms with Gasteiger partial charge in [0.05, 0.1) is 0 Å². The zero-order valence-electron chi connectivity index (χ0n) is 6.98. The third kappa shape index (κ3) is 1.98. The average Bonchev–Trinajstić information content (AvgIpc) is 2.01. The number of aromatic nitrogens is 2. The van der Waals surface area contributed by atoms with Gasteiger partial charge in [0.2, 0.25) is 5.82 Å². The van der Waals surface area contributed by atoms with Crippen molar-refractivity contribution in [2.24, 2.45) is 0 Å². The molecular weight excluding hydrogens is 221 g/mol. The molecule has 0 fully saturated rings. The summed E-state index contributed by atoms with van der Waals surface area (Å²) in [6, 6.07) is 0. The van der Waals surface area contributed by atoms with Crippen molar-refractivity contribution in [3.8, 4) is 0 Å². The highest BCUT2D eigenvalue weighted by molar-refractivity contribution is 6.32. The van der Waals surface area contributed by atoms with E-state index in [9.17, 15) is 13.2 Å². The Morgan fingerprint density at radius 1 is 1.36 bits per heavy atom. The Morgan fingerprint density at radius 3 is 2.29 bits per heavy atom. The molecule has 0 unspecified atom stereocenters. The van der Waals surface area contributed by atoms with Gasteiger partial charge in [0.25, 0.3) is 0 Å². The van der Waals surface area contributed by atoms with Gasteiger partial charge in [-0.15, -0.1) is 0 Å². The van der Waals surface area contributed by atoms with Crippen LogP contribution in [-0.2, 0) is 6.18 Å². The monoisotopic (exact) mass is 226 g/mol. The lowest BCUT2D eigenvalue weighted by Crippen LogP contribution is -2.14. The predicted octanol–water partition coefficient (Wildman–Crippen LogP) is 1.77. The number of halogens is 4. The third-order valence-electron chi connectivity index (χ3n) is 1.40. The fourth-order valence-corrected chi connectivity index (χ4v) is 1.08. The van der Waals surface area contributed by atoms with Crippen LogP contribution in [0.5, 0.6) is 0 Å². The highest BCUT2D eigenvalue weighted by atomic mass is 35.5. The second-order valence-electron chi connectivity index (χ2n) is 2.35. The molecule has 0 saturated carbocycles. The van der Waals surface area contributed by atoms with Gasteiger partial charge >= 0.3 is 6.18 Å². The van der Waals surface area contributed by atoms with E-state index in [-0.39, 0.29) is 16.7 Å². The van der Waals surface area contributed by atoms with Crippen LogP contribution in [0.3, 0.4) is 0 Å². The maximum absolute atomic E-state index is 12.1. The molecule has 0 aliphatic carbocycles. The topological polar surface area (TPSA) is 63.8 Å². The number of hydrogen-bond donors (Lipinski definition) is 2. The van der Waals surface area contributed by atoms with Crippen LogP contribution in [0.2, 0.25) is 5.15 Å². The molecule has 0 amide bonds. The van der Waals surface area contributed by atoms with E-state index >= 15 is 0 Å². The number of anilines is 2. The molecule has 0 spiro atoms. The lowest BCUT2D eigenvalue weighted by atomic mass is 10.4. The van der Waals surface area contributed by atoms with Crippen LogP contribution in [0, 0.1) is 0 Å². The zero-order valence-corrected chi connectivity index (χ0v) is 7.74. The van der Waals surface area contributed by atoms with Crippen molar-refractivity contribution in [1.82, 2.24) is 9.97 Å². The van der Waals surface area contributed by atoms with Gasteiger partial charge in [0.1, 0.15) is 5.69 Å². The first kappa shape index (κ1) is 10.8. The van der Waals surface area contributed by atoms with E-state index < -0.39 is 12.0 Å². The molecule has 14 heavy (non-hydrogen) atoms. The van der Waals surface area contributed by atoms with Gasteiger partial charge in [-0.25, -0.2) is 9.97 Å². The molecule has 78 valence electrons. The van der Waals surface area contributed by atoms with Crippen LogP contribution in [-0.4, -0.2) is 17.0 Å². The number of rotatable bonds is 1. The molecule has 0 aromatic carbocycles. The first-order valence-electron chi connectivity index (χ1n) is 3.44. The van der Waals surface area contributed by atoms with Crippen LogP contribution in [0.15, 0.2) is 0 Å². The minimum atomic E-state index is -4.65. The summed E-state index contributed by atoms with van der Waals surface area (Å²) in [5.74, 6) is -1.68. The summed E-state index contributed by atoms with van der Waals surface area (Å²) in [5, 5.41) is 2.14. The van der Waals surface area contributed by atoms with Crippen molar-refractivity contribution < 1.29 is 13.2 Å². The summed E-state index contributed by atoms with van der Waals surface area (Å²) in [6.07, 6.45) is -4.65. The Labute approximate surface area is 82.3 Å². The van der Waals surface area contributed by atoms with Crippen molar-refractivity contribution in [3.63, 3.8) is 0 Å². The van der Waals surface area contributed by atoms with Crippen molar-refractivity contribution >= 4 is 23.1 Å². The molecule has 0 aliphatic rings. The molecular formula is C6H6ClF3N4. The normalized spacial score (nSPS) is 11.5. The van der Waals surface area contributed by atoms with E-state index in [1.807, 2.05) is 0 Å². The van der Waals surface area contributed by atoms with E-state index in [1.54, 1.807) is 0 Å². The molecule has 4 nitrogen and oxygen atoms in total. The highest BCUT2D eigenvalue weighted by Crippen LogP contribution is 2.31. The first-order chi connectivity index (χ1) is 6.36. The van der Waals surface area contributed by atoms with Crippen LogP contribution in [0.1, 0.15) is 5.82 Å². The number of alkyl halides is 3.